The van der Waals surface area contributed by atoms with E-state index in [0.29, 0.717) is 34.7 Å². The van der Waals surface area contributed by atoms with Crippen molar-refractivity contribution in [3.05, 3.63) is 47.3 Å². The maximum absolute atomic E-state index is 12.4. The Kier molecular flexibility index (Phi) is 5.52. The summed E-state index contributed by atoms with van der Waals surface area (Å²) in [4.78, 5) is 24.7. The quantitative estimate of drug-likeness (QED) is 0.641. The second kappa shape index (κ2) is 8.01. The Hall–Kier alpha value is -2.87. The van der Waals surface area contributed by atoms with Crippen LogP contribution in [0.25, 0.3) is 11.3 Å². The number of carbonyl (C=O) groups is 2. The molecule has 3 aromatic rings. The zero-order valence-corrected chi connectivity index (χ0v) is 15.3. The van der Waals surface area contributed by atoms with Gasteiger partial charge in [-0.1, -0.05) is 0 Å². The fourth-order valence-corrected chi connectivity index (χ4v) is 3.47. The first-order chi connectivity index (χ1) is 12.6. The molecule has 136 valence electrons. The fraction of sp³-hybridized carbons (Fsp3) is 0.278. The third-order valence-electron chi connectivity index (χ3n) is 3.71. The van der Waals surface area contributed by atoms with Gasteiger partial charge in [0.25, 0.3) is 0 Å². The Bertz CT molecular complexity index is 896. The van der Waals surface area contributed by atoms with Gasteiger partial charge in [-0.25, -0.2) is 4.79 Å². The van der Waals surface area contributed by atoms with Gasteiger partial charge in [0.15, 0.2) is 0 Å². The molecule has 0 aromatic carbocycles. The number of amides is 1. The minimum absolute atomic E-state index is 0.174. The SMILES string of the molecule is CCOC(=O)c1c(-c2ccco2)csc1NC(=O)CCc1cnn(C)c1. The molecule has 0 aliphatic rings. The van der Waals surface area contributed by atoms with Crippen molar-refractivity contribution in [3.63, 3.8) is 0 Å². The molecule has 0 saturated heterocycles. The molecule has 0 bridgehead atoms. The molecule has 0 aliphatic carbocycles. The summed E-state index contributed by atoms with van der Waals surface area (Å²) in [7, 11) is 1.83. The number of aryl methyl sites for hydroxylation is 2. The van der Waals surface area contributed by atoms with E-state index < -0.39 is 5.97 Å². The number of esters is 1. The van der Waals surface area contributed by atoms with Gasteiger partial charge in [0.1, 0.15) is 16.3 Å². The number of thiophene rings is 1. The standard InChI is InChI=1S/C18H19N3O4S/c1-3-24-18(23)16-13(14-5-4-8-25-14)11-26-17(16)20-15(22)7-6-12-9-19-21(2)10-12/h4-5,8-11H,3,6-7H2,1-2H3,(H,20,22). The van der Waals surface area contributed by atoms with Crippen molar-refractivity contribution in [2.75, 3.05) is 11.9 Å². The zero-order valence-electron chi connectivity index (χ0n) is 14.5. The Balaban J connectivity index is 1.76. The Morgan fingerprint density at radius 2 is 2.27 bits per heavy atom. The number of anilines is 1. The van der Waals surface area contributed by atoms with E-state index in [9.17, 15) is 9.59 Å². The fourth-order valence-electron chi connectivity index (χ4n) is 2.52. The zero-order chi connectivity index (χ0) is 18.5. The number of hydrogen-bond donors (Lipinski definition) is 1. The van der Waals surface area contributed by atoms with Gasteiger partial charge in [-0.15, -0.1) is 11.3 Å². The lowest BCUT2D eigenvalue weighted by Gasteiger charge is -2.07. The number of hydrogen-bond acceptors (Lipinski definition) is 6. The van der Waals surface area contributed by atoms with Crippen molar-refractivity contribution in [3.8, 4) is 11.3 Å². The molecule has 3 rings (SSSR count). The van der Waals surface area contributed by atoms with Gasteiger partial charge in [0, 0.05) is 30.6 Å². The van der Waals surface area contributed by atoms with E-state index >= 15 is 0 Å². The van der Waals surface area contributed by atoms with E-state index in [2.05, 4.69) is 10.4 Å². The number of ether oxygens (including phenoxy) is 1. The van der Waals surface area contributed by atoms with Gasteiger partial charge in [-0.05, 0) is 31.0 Å². The number of nitrogens with zero attached hydrogens (tertiary/aromatic N) is 2. The maximum Gasteiger partial charge on any atom is 0.341 e. The molecule has 8 heteroatoms. The summed E-state index contributed by atoms with van der Waals surface area (Å²) in [6.07, 6.45) is 6.01. The lowest BCUT2D eigenvalue weighted by atomic mass is 10.1. The minimum atomic E-state index is -0.484. The van der Waals surface area contributed by atoms with Gasteiger partial charge in [-0.3, -0.25) is 9.48 Å². The first kappa shape index (κ1) is 17.9. The summed E-state index contributed by atoms with van der Waals surface area (Å²) in [6.45, 7) is 1.99. The highest BCUT2D eigenvalue weighted by molar-refractivity contribution is 7.15. The average molecular weight is 373 g/mol. The predicted octanol–water partition coefficient (Wildman–Crippen LogP) is 3.49. The third kappa shape index (κ3) is 4.02. The molecule has 1 amide bonds. The average Bonchev–Trinajstić information content (AvgIpc) is 3.33. The predicted molar refractivity (Wildman–Crippen MR) is 98.1 cm³/mol. The van der Waals surface area contributed by atoms with Crippen LogP contribution in [0.1, 0.15) is 29.3 Å². The van der Waals surface area contributed by atoms with Crippen LogP contribution in [0.5, 0.6) is 0 Å². The van der Waals surface area contributed by atoms with Crippen LogP contribution in [0.4, 0.5) is 5.00 Å². The van der Waals surface area contributed by atoms with Crippen LogP contribution < -0.4 is 5.32 Å². The molecule has 0 unspecified atom stereocenters. The first-order valence-corrected chi connectivity index (χ1v) is 9.06. The van der Waals surface area contributed by atoms with Crippen LogP contribution in [0.15, 0.2) is 40.6 Å². The Morgan fingerprint density at radius 1 is 1.42 bits per heavy atom. The van der Waals surface area contributed by atoms with Gasteiger partial charge < -0.3 is 14.5 Å². The van der Waals surface area contributed by atoms with Crippen LogP contribution in [0.3, 0.4) is 0 Å². The number of aromatic nitrogens is 2. The van der Waals surface area contributed by atoms with E-state index in [-0.39, 0.29) is 12.5 Å². The molecule has 0 spiro atoms. The highest BCUT2D eigenvalue weighted by Gasteiger charge is 2.24. The Morgan fingerprint density at radius 3 is 2.92 bits per heavy atom. The van der Waals surface area contributed by atoms with Gasteiger partial charge >= 0.3 is 5.97 Å². The van der Waals surface area contributed by atoms with Crippen LogP contribution in [0, 0.1) is 0 Å². The monoisotopic (exact) mass is 373 g/mol. The molecule has 0 aliphatic heterocycles. The molecule has 26 heavy (non-hydrogen) atoms. The van der Waals surface area contributed by atoms with Crippen LogP contribution in [-0.2, 0) is 23.0 Å². The van der Waals surface area contributed by atoms with E-state index in [1.54, 1.807) is 35.3 Å². The van der Waals surface area contributed by atoms with Crippen LogP contribution in [0.2, 0.25) is 0 Å². The minimum Gasteiger partial charge on any atom is -0.464 e. The molecule has 1 N–H and O–H groups in total. The van der Waals surface area contributed by atoms with E-state index in [0.717, 1.165) is 5.56 Å². The number of carbonyl (C=O) groups excluding carboxylic acids is 2. The summed E-state index contributed by atoms with van der Waals surface area (Å²) in [5, 5.41) is 9.15. The highest BCUT2D eigenvalue weighted by atomic mass is 32.1. The molecule has 0 saturated carbocycles. The molecule has 3 aromatic heterocycles. The Labute approximate surface area is 154 Å². The second-order valence-electron chi connectivity index (χ2n) is 5.62. The molecule has 7 nitrogen and oxygen atoms in total. The van der Waals surface area contributed by atoms with E-state index in [4.69, 9.17) is 9.15 Å². The normalized spacial score (nSPS) is 10.7. The summed E-state index contributed by atoms with van der Waals surface area (Å²) in [6, 6.07) is 3.51. The molecular weight excluding hydrogens is 354 g/mol. The maximum atomic E-state index is 12.4. The molecular formula is C18H19N3O4S. The summed E-state index contributed by atoms with van der Waals surface area (Å²) < 4.78 is 12.2. The van der Waals surface area contributed by atoms with Crippen molar-refractivity contribution < 1.29 is 18.7 Å². The largest absolute Gasteiger partial charge is 0.464 e. The number of nitrogens with one attached hydrogen (secondary N) is 1. The van der Waals surface area contributed by atoms with Crippen LogP contribution >= 0.6 is 11.3 Å². The van der Waals surface area contributed by atoms with Crippen molar-refractivity contribution in [2.45, 2.75) is 19.8 Å². The smallest absolute Gasteiger partial charge is 0.341 e. The third-order valence-corrected chi connectivity index (χ3v) is 4.60. The van der Waals surface area contributed by atoms with E-state index in [1.807, 2.05) is 13.2 Å². The second-order valence-corrected chi connectivity index (χ2v) is 6.50. The van der Waals surface area contributed by atoms with Gasteiger partial charge in [0.2, 0.25) is 5.91 Å². The van der Waals surface area contributed by atoms with E-state index in [1.165, 1.54) is 17.6 Å². The molecule has 0 fully saturated rings. The number of furan rings is 1. The molecule has 3 heterocycles. The summed E-state index contributed by atoms with van der Waals surface area (Å²) >= 11 is 1.27. The van der Waals surface area contributed by atoms with Gasteiger partial charge in [-0.2, -0.15) is 5.10 Å². The first-order valence-electron chi connectivity index (χ1n) is 8.18. The summed E-state index contributed by atoms with van der Waals surface area (Å²) in [5.41, 5.74) is 1.92. The highest BCUT2D eigenvalue weighted by Crippen LogP contribution is 2.36. The topological polar surface area (TPSA) is 86.4 Å². The lowest BCUT2D eigenvalue weighted by Crippen LogP contribution is -2.15. The van der Waals surface area contributed by atoms with Crippen molar-refractivity contribution in [2.24, 2.45) is 7.05 Å². The van der Waals surface area contributed by atoms with Gasteiger partial charge in [0.05, 0.1) is 19.1 Å². The van der Waals surface area contributed by atoms with Crippen molar-refractivity contribution in [1.82, 2.24) is 9.78 Å². The molecule has 0 atom stereocenters. The van der Waals surface area contributed by atoms with Crippen molar-refractivity contribution in [1.29, 1.82) is 0 Å². The lowest BCUT2D eigenvalue weighted by molar-refractivity contribution is -0.116. The van der Waals surface area contributed by atoms with Crippen molar-refractivity contribution >= 4 is 28.2 Å². The summed E-state index contributed by atoms with van der Waals surface area (Å²) in [5.74, 6) is -0.102. The van der Waals surface area contributed by atoms with Crippen LogP contribution in [-0.4, -0.2) is 28.3 Å². The number of rotatable bonds is 7. The molecule has 0 radical (unpaired) electrons.